The average molecular weight is 427 g/mol. The van der Waals surface area contributed by atoms with Crippen molar-refractivity contribution >= 4 is 28.9 Å². The highest BCUT2D eigenvalue weighted by molar-refractivity contribution is 6.33. The number of aromatic nitrogens is 4. The maximum Gasteiger partial charge on any atom is 0.160 e. The molecule has 1 unspecified atom stereocenters. The Morgan fingerprint density at radius 2 is 2.10 bits per heavy atom. The van der Waals surface area contributed by atoms with Crippen LogP contribution in [0.3, 0.4) is 0 Å². The predicted octanol–water partition coefficient (Wildman–Crippen LogP) is 5.48. The Morgan fingerprint density at radius 1 is 1.30 bits per heavy atom. The fourth-order valence-electron chi connectivity index (χ4n) is 4.72. The highest BCUT2D eigenvalue weighted by Gasteiger charge is 2.31. The largest absolute Gasteiger partial charge is 0.348 e. The normalized spacial score (nSPS) is 14.7. The molecule has 0 saturated heterocycles. The maximum atomic E-state index is 6.71. The first-order valence-electron chi connectivity index (χ1n) is 10.8. The van der Waals surface area contributed by atoms with E-state index in [1.54, 1.807) is 6.33 Å². The summed E-state index contributed by atoms with van der Waals surface area (Å²) < 4.78 is 2.04. The van der Waals surface area contributed by atoms with Gasteiger partial charge in [-0.25, -0.2) is 4.98 Å². The van der Waals surface area contributed by atoms with Crippen LogP contribution in [0.25, 0.3) is 0 Å². The van der Waals surface area contributed by atoms with Crippen molar-refractivity contribution in [2.24, 2.45) is 7.05 Å². The number of aromatic amines is 1. The number of nitrogens with zero attached hydrogens (tertiary/aromatic N) is 5. The van der Waals surface area contributed by atoms with E-state index in [-0.39, 0.29) is 6.04 Å². The summed E-state index contributed by atoms with van der Waals surface area (Å²) in [4.78, 5) is 12.3. The number of rotatable bonds is 6. The number of aryl methyl sites for hydroxylation is 3. The molecular weight excluding hydrogens is 396 g/mol. The van der Waals surface area contributed by atoms with Gasteiger partial charge in [-0.3, -0.25) is 4.68 Å². The van der Waals surface area contributed by atoms with Crippen LogP contribution in [0.5, 0.6) is 0 Å². The van der Waals surface area contributed by atoms with Crippen molar-refractivity contribution in [2.45, 2.75) is 53.0 Å². The van der Waals surface area contributed by atoms with Crippen LogP contribution in [0.15, 0.2) is 24.7 Å². The van der Waals surface area contributed by atoms with E-state index in [9.17, 15) is 0 Å². The van der Waals surface area contributed by atoms with Gasteiger partial charge in [-0.1, -0.05) is 24.6 Å². The Morgan fingerprint density at radius 3 is 2.77 bits per heavy atom. The molecule has 3 aromatic rings. The molecule has 160 valence electrons. The van der Waals surface area contributed by atoms with E-state index in [2.05, 4.69) is 60.6 Å². The second-order valence-electron chi connectivity index (χ2n) is 8.29. The molecule has 2 aromatic heterocycles. The van der Waals surface area contributed by atoms with Crippen molar-refractivity contribution in [2.75, 3.05) is 22.9 Å². The lowest BCUT2D eigenvalue weighted by molar-refractivity contribution is 0.608. The van der Waals surface area contributed by atoms with Gasteiger partial charge in [0.15, 0.2) is 5.82 Å². The third kappa shape index (κ3) is 3.58. The molecule has 7 heteroatoms. The van der Waals surface area contributed by atoms with Crippen LogP contribution in [-0.2, 0) is 13.5 Å². The molecule has 1 aliphatic heterocycles. The van der Waals surface area contributed by atoms with Gasteiger partial charge in [0, 0.05) is 25.7 Å². The van der Waals surface area contributed by atoms with E-state index in [1.807, 2.05) is 16.9 Å². The number of H-pyrrole nitrogens is 1. The molecule has 0 saturated carbocycles. The average Bonchev–Trinajstić information content (AvgIpc) is 3.33. The second-order valence-corrected chi connectivity index (χ2v) is 8.70. The van der Waals surface area contributed by atoms with Crippen molar-refractivity contribution in [3.05, 3.63) is 52.1 Å². The minimum absolute atomic E-state index is 0.187. The standard InChI is InChI=1S/C23H31ClN6/c1-6-9-29(17(4)20-13-25-14-26-20)23-18-8-7-10-30(22(18)27-28(23)5)21-16(3)11-15(2)12-19(21)24/h11-14,17H,6-10H2,1-5H3,(H,25,26). The minimum atomic E-state index is 0.187. The van der Waals surface area contributed by atoms with E-state index in [4.69, 9.17) is 16.7 Å². The molecule has 30 heavy (non-hydrogen) atoms. The summed E-state index contributed by atoms with van der Waals surface area (Å²) in [6.45, 7) is 10.5. The van der Waals surface area contributed by atoms with Crippen LogP contribution in [-0.4, -0.2) is 32.8 Å². The summed E-state index contributed by atoms with van der Waals surface area (Å²) in [6.07, 6.45) is 6.82. The predicted molar refractivity (Wildman–Crippen MR) is 124 cm³/mol. The first-order chi connectivity index (χ1) is 14.4. The number of imidazole rings is 1. The van der Waals surface area contributed by atoms with Crippen molar-refractivity contribution in [3.8, 4) is 0 Å². The Bertz CT molecular complexity index is 1000. The number of anilines is 3. The Kier molecular flexibility index (Phi) is 5.78. The summed E-state index contributed by atoms with van der Waals surface area (Å²) >= 11 is 6.71. The van der Waals surface area contributed by atoms with Crippen molar-refractivity contribution in [3.63, 3.8) is 0 Å². The Balaban J connectivity index is 1.80. The van der Waals surface area contributed by atoms with Gasteiger partial charge in [0.1, 0.15) is 5.82 Å². The Labute approximate surface area is 183 Å². The van der Waals surface area contributed by atoms with Crippen LogP contribution < -0.4 is 9.80 Å². The molecule has 1 atom stereocenters. The zero-order chi connectivity index (χ0) is 21.4. The number of fused-ring (bicyclic) bond motifs is 1. The lowest BCUT2D eigenvalue weighted by Gasteiger charge is -2.33. The first kappa shape index (κ1) is 20.8. The highest BCUT2D eigenvalue weighted by Crippen LogP contribution is 2.43. The van der Waals surface area contributed by atoms with Crippen molar-refractivity contribution in [1.29, 1.82) is 0 Å². The topological polar surface area (TPSA) is 53.0 Å². The molecular formula is C23H31ClN6. The van der Waals surface area contributed by atoms with Crippen LogP contribution in [0.1, 0.15) is 55.1 Å². The maximum absolute atomic E-state index is 6.71. The van der Waals surface area contributed by atoms with Crippen molar-refractivity contribution in [1.82, 2.24) is 19.7 Å². The molecule has 0 amide bonds. The molecule has 3 heterocycles. The molecule has 1 N–H and O–H groups in total. The zero-order valence-corrected chi connectivity index (χ0v) is 19.3. The van der Waals surface area contributed by atoms with Gasteiger partial charge in [-0.05, 0) is 57.2 Å². The monoisotopic (exact) mass is 426 g/mol. The number of hydrogen-bond donors (Lipinski definition) is 1. The van der Waals surface area contributed by atoms with E-state index >= 15 is 0 Å². The zero-order valence-electron chi connectivity index (χ0n) is 18.5. The Hall–Kier alpha value is -2.47. The SMILES string of the molecule is CCCN(c1c2c(nn1C)N(c1c(C)cc(C)cc1Cl)CCC2)C(C)c1cnc[nH]1. The third-order valence-corrected chi connectivity index (χ3v) is 6.29. The van der Waals surface area contributed by atoms with Crippen LogP contribution in [0, 0.1) is 13.8 Å². The fourth-order valence-corrected chi connectivity index (χ4v) is 5.14. The second kappa shape index (κ2) is 8.34. The summed E-state index contributed by atoms with van der Waals surface area (Å²) in [5.74, 6) is 2.23. The quantitative estimate of drug-likeness (QED) is 0.567. The van der Waals surface area contributed by atoms with E-state index in [0.29, 0.717) is 0 Å². The molecule has 0 radical (unpaired) electrons. The smallest absolute Gasteiger partial charge is 0.160 e. The molecule has 0 spiro atoms. The molecule has 0 aliphatic carbocycles. The molecule has 1 aromatic carbocycles. The van der Waals surface area contributed by atoms with E-state index < -0.39 is 0 Å². The van der Waals surface area contributed by atoms with Gasteiger partial charge >= 0.3 is 0 Å². The number of halogens is 1. The molecule has 4 rings (SSSR count). The molecule has 0 fully saturated rings. The van der Waals surface area contributed by atoms with Crippen LogP contribution in [0.4, 0.5) is 17.3 Å². The van der Waals surface area contributed by atoms with Gasteiger partial charge in [0.2, 0.25) is 0 Å². The van der Waals surface area contributed by atoms with Crippen molar-refractivity contribution < 1.29 is 0 Å². The number of nitrogens with one attached hydrogen (secondary N) is 1. The van der Waals surface area contributed by atoms with Gasteiger partial charge in [0.25, 0.3) is 0 Å². The molecule has 6 nitrogen and oxygen atoms in total. The third-order valence-electron chi connectivity index (χ3n) is 6.00. The van der Waals surface area contributed by atoms with E-state index in [0.717, 1.165) is 54.6 Å². The van der Waals surface area contributed by atoms with Crippen LogP contribution in [0.2, 0.25) is 5.02 Å². The van der Waals surface area contributed by atoms with Gasteiger partial charge in [-0.15, -0.1) is 0 Å². The number of hydrogen-bond acceptors (Lipinski definition) is 4. The van der Waals surface area contributed by atoms with Crippen LogP contribution >= 0.6 is 11.6 Å². The van der Waals surface area contributed by atoms with E-state index in [1.165, 1.54) is 22.5 Å². The molecule has 0 bridgehead atoms. The lowest BCUT2D eigenvalue weighted by atomic mass is 10.0. The summed E-state index contributed by atoms with van der Waals surface area (Å²) in [5, 5.41) is 5.79. The van der Waals surface area contributed by atoms with Gasteiger partial charge in [-0.2, -0.15) is 5.10 Å². The fraction of sp³-hybridized carbons (Fsp3) is 0.478. The molecule has 1 aliphatic rings. The highest BCUT2D eigenvalue weighted by atomic mass is 35.5. The summed E-state index contributed by atoms with van der Waals surface area (Å²) in [5.41, 5.74) is 5.87. The minimum Gasteiger partial charge on any atom is -0.348 e. The van der Waals surface area contributed by atoms with Gasteiger partial charge < -0.3 is 14.8 Å². The summed E-state index contributed by atoms with van der Waals surface area (Å²) in [6, 6.07) is 4.43. The first-order valence-corrected chi connectivity index (χ1v) is 11.1. The number of benzene rings is 1. The summed E-state index contributed by atoms with van der Waals surface area (Å²) in [7, 11) is 2.05. The van der Waals surface area contributed by atoms with Gasteiger partial charge in [0.05, 0.1) is 35.0 Å². The lowest BCUT2D eigenvalue weighted by Crippen LogP contribution is -2.31.